The number of carbonyl (C=O) groups excluding carboxylic acids is 1. The fourth-order valence-corrected chi connectivity index (χ4v) is 7.58. The van der Waals surface area contributed by atoms with E-state index in [0.717, 1.165) is 20.1 Å². The number of esters is 1. The van der Waals surface area contributed by atoms with Gasteiger partial charge in [0.05, 0.1) is 39.2 Å². The van der Waals surface area contributed by atoms with E-state index in [1.807, 2.05) is 68.5 Å². The monoisotopic (exact) mass is 774 g/mol. The molecule has 0 unspecified atom stereocenters. The molecule has 0 fully saturated rings. The summed E-state index contributed by atoms with van der Waals surface area (Å²) >= 11 is 3.49. The number of ether oxygens (including phenoxy) is 4. The molecule has 6 rings (SSSR count). The van der Waals surface area contributed by atoms with E-state index in [2.05, 4.69) is 52.9 Å². The average molecular weight is 775 g/mol. The molecule has 1 aliphatic rings. The molecule has 0 N–H and O–H groups in total. The van der Waals surface area contributed by atoms with Gasteiger partial charge in [0.1, 0.15) is 18.4 Å². The maximum Gasteiger partial charge on any atom is 0.338 e. The molecule has 0 saturated heterocycles. The molecule has 0 amide bonds. The zero-order valence-electron chi connectivity index (χ0n) is 27.3. The first-order valence-corrected chi connectivity index (χ1v) is 17.5. The quantitative estimate of drug-likeness (QED) is 0.113. The minimum Gasteiger partial charge on any atom is -0.493 e. The lowest BCUT2D eigenvalue weighted by atomic mass is 9.95. The number of allylic oxidation sites excluding steroid dienone is 1. The van der Waals surface area contributed by atoms with E-state index < -0.39 is 12.0 Å². The number of hydrogen-bond donors (Lipinski definition) is 0. The number of aromatic nitrogens is 1. The molecule has 4 aromatic carbocycles. The number of hydrogen-bond acceptors (Lipinski definition) is 8. The van der Waals surface area contributed by atoms with Gasteiger partial charge in [-0.25, -0.2) is 9.79 Å². The summed E-state index contributed by atoms with van der Waals surface area (Å²) in [5.74, 6) is 1.25. The van der Waals surface area contributed by atoms with Crippen LogP contribution in [-0.4, -0.2) is 30.4 Å². The van der Waals surface area contributed by atoms with Crippen molar-refractivity contribution in [3.05, 3.63) is 130 Å². The first-order valence-electron chi connectivity index (χ1n) is 15.6. The number of para-hydroxylation sites is 1. The Bertz CT molecular complexity index is 2240. The molecule has 8 nitrogen and oxygen atoms in total. The van der Waals surface area contributed by atoms with Crippen molar-refractivity contribution in [2.45, 2.75) is 46.4 Å². The molecule has 0 saturated carbocycles. The molecule has 1 aliphatic heterocycles. The number of thiazole rings is 1. The van der Waals surface area contributed by atoms with Crippen LogP contribution in [0.3, 0.4) is 0 Å². The Balaban J connectivity index is 1.40. The van der Waals surface area contributed by atoms with Gasteiger partial charge in [0.2, 0.25) is 0 Å². The maximum absolute atomic E-state index is 14.2. The van der Waals surface area contributed by atoms with Gasteiger partial charge in [-0.1, -0.05) is 65.9 Å². The Morgan fingerprint density at radius 3 is 2.52 bits per heavy atom. The molecule has 0 spiro atoms. The molecule has 5 aromatic rings. The molecular weight excluding hydrogens is 739 g/mol. The molecule has 2 heterocycles. The number of rotatable bonds is 10. The summed E-state index contributed by atoms with van der Waals surface area (Å²) < 4.78 is 26.5. The predicted molar refractivity (Wildman–Crippen MR) is 197 cm³/mol. The molecular formula is C38H35IN2O6S. The number of nitrogens with zero attached hydrogens (tertiary/aromatic N) is 2. The van der Waals surface area contributed by atoms with E-state index in [1.165, 1.54) is 16.7 Å². The second-order valence-electron chi connectivity index (χ2n) is 11.5. The third-order valence-electron chi connectivity index (χ3n) is 7.84. The Kier molecular flexibility index (Phi) is 10.0. The smallest absolute Gasteiger partial charge is 0.338 e. The van der Waals surface area contributed by atoms with Crippen LogP contribution in [0.5, 0.6) is 17.2 Å². The van der Waals surface area contributed by atoms with E-state index in [0.29, 0.717) is 50.0 Å². The zero-order chi connectivity index (χ0) is 33.9. The number of fused-ring (bicyclic) bond motifs is 2. The van der Waals surface area contributed by atoms with E-state index >= 15 is 0 Å². The third kappa shape index (κ3) is 6.77. The van der Waals surface area contributed by atoms with Crippen LogP contribution in [0.4, 0.5) is 0 Å². The van der Waals surface area contributed by atoms with Crippen molar-refractivity contribution < 1.29 is 23.7 Å². The first kappa shape index (κ1) is 33.5. The fourth-order valence-electron chi connectivity index (χ4n) is 5.75. The predicted octanol–water partition coefficient (Wildman–Crippen LogP) is 6.93. The average Bonchev–Trinajstić information content (AvgIpc) is 3.36. The van der Waals surface area contributed by atoms with Gasteiger partial charge in [-0.15, -0.1) is 0 Å². The molecule has 0 bridgehead atoms. The van der Waals surface area contributed by atoms with Crippen molar-refractivity contribution in [3.63, 3.8) is 0 Å². The van der Waals surface area contributed by atoms with Crippen LogP contribution >= 0.6 is 33.9 Å². The Morgan fingerprint density at radius 1 is 1.02 bits per heavy atom. The topological polar surface area (TPSA) is 88.4 Å². The number of benzene rings is 4. The minimum atomic E-state index is -0.780. The van der Waals surface area contributed by atoms with Crippen LogP contribution in [0.1, 0.15) is 50.4 Å². The Morgan fingerprint density at radius 2 is 1.77 bits per heavy atom. The van der Waals surface area contributed by atoms with Crippen LogP contribution in [0.25, 0.3) is 16.8 Å². The van der Waals surface area contributed by atoms with Crippen molar-refractivity contribution >= 4 is 56.7 Å². The van der Waals surface area contributed by atoms with Crippen molar-refractivity contribution in [1.82, 2.24) is 4.57 Å². The minimum absolute atomic E-state index is 0.116. The van der Waals surface area contributed by atoms with Crippen molar-refractivity contribution in [2.24, 2.45) is 4.99 Å². The van der Waals surface area contributed by atoms with Crippen LogP contribution in [0.15, 0.2) is 99.9 Å². The summed E-state index contributed by atoms with van der Waals surface area (Å²) in [5.41, 5.74) is 3.02. The van der Waals surface area contributed by atoms with Crippen LogP contribution in [-0.2, 0) is 16.1 Å². The van der Waals surface area contributed by atoms with Gasteiger partial charge in [0.15, 0.2) is 16.3 Å². The van der Waals surface area contributed by atoms with Crippen LogP contribution in [0.2, 0.25) is 0 Å². The highest BCUT2D eigenvalue weighted by molar-refractivity contribution is 14.1. The summed E-state index contributed by atoms with van der Waals surface area (Å²) in [6.07, 6.45) is 1.70. The second-order valence-corrected chi connectivity index (χ2v) is 13.7. The van der Waals surface area contributed by atoms with E-state index in [1.54, 1.807) is 25.5 Å². The fraction of sp³-hybridized carbons (Fsp3) is 0.237. The van der Waals surface area contributed by atoms with Gasteiger partial charge in [-0.2, -0.15) is 0 Å². The molecule has 0 aliphatic carbocycles. The molecule has 1 atom stereocenters. The van der Waals surface area contributed by atoms with Crippen LogP contribution in [0, 0.1) is 3.57 Å². The number of methoxy groups -OCH3 is 1. The Hall–Kier alpha value is -4.42. The summed E-state index contributed by atoms with van der Waals surface area (Å²) in [5, 5.41) is 2.33. The highest BCUT2D eigenvalue weighted by atomic mass is 127. The highest BCUT2D eigenvalue weighted by Gasteiger charge is 2.35. The molecule has 48 heavy (non-hydrogen) atoms. The number of carbonyl (C=O) groups is 1. The van der Waals surface area contributed by atoms with E-state index in [4.69, 9.17) is 23.9 Å². The summed E-state index contributed by atoms with van der Waals surface area (Å²) in [6.45, 7) is 7.96. The lowest BCUT2D eigenvalue weighted by Crippen LogP contribution is -2.40. The highest BCUT2D eigenvalue weighted by Crippen LogP contribution is 2.37. The Labute approximate surface area is 296 Å². The van der Waals surface area contributed by atoms with Crippen LogP contribution < -0.4 is 29.1 Å². The zero-order valence-corrected chi connectivity index (χ0v) is 30.3. The van der Waals surface area contributed by atoms with Gasteiger partial charge in [0.25, 0.3) is 5.56 Å². The van der Waals surface area contributed by atoms with Gasteiger partial charge in [-0.3, -0.25) is 9.36 Å². The largest absolute Gasteiger partial charge is 0.493 e. The molecule has 1 aromatic heterocycles. The van der Waals surface area contributed by atoms with E-state index in [-0.39, 0.29) is 18.3 Å². The third-order valence-corrected chi connectivity index (χ3v) is 9.62. The van der Waals surface area contributed by atoms with Crippen molar-refractivity contribution in [1.29, 1.82) is 0 Å². The van der Waals surface area contributed by atoms with Gasteiger partial charge >= 0.3 is 5.97 Å². The molecule has 0 radical (unpaired) electrons. The van der Waals surface area contributed by atoms with Gasteiger partial charge < -0.3 is 18.9 Å². The second kappa shape index (κ2) is 14.4. The lowest BCUT2D eigenvalue weighted by Gasteiger charge is -2.26. The first-order chi connectivity index (χ1) is 23.2. The van der Waals surface area contributed by atoms with E-state index in [9.17, 15) is 9.59 Å². The summed E-state index contributed by atoms with van der Waals surface area (Å²) in [4.78, 5) is 32.8. The SMILES string of the molecule is CCOC(=O)C1=C(C)N=c2s/c(=C/c3cc(I)c(OCc4ccc5ccccc5c4)c(OC)c3)c(=O)n2[C@H]1c1ccccc1OC(C)C. The summed E-state index contributed by atoms with van der Waals surface area (Å²) in [6, 6.07) is 25.0. The number of halogens is 1. The van der Waals surface area contributed by atoms with Crippen molar-refractivity contribution in [2.75, 3.05) is 13.7 Å². The lowest BCUT2D eigenvalue weighted by molar-refractivity contribution is -0.139. The van der Waals surface area contributed by atoms with Gasteiger partial charge in [0, 0.05) is 5.56 Å². The standard InChI is InChI=1S/C38H35IN2O6S/c1-6-45-37(43)33-23(4)40-38-41(34(33)28-13-9-10-14-30(28)47-22(2)3)36(42)32(48-38)20-25-18-29(39)35(31(19-25)44-5)46-21-24-15-16-26-11-7-8-12-27(26)17-24/h7-20,22,34H,6,21H2,1-5H3/b32-20+/t34-/m0/s1. The maximum atomic E-state index is 14.2. The molecule has 246 valence electrons. The normalized spacial score (nSPS) is 14.6. The van der Waals surface area contributed by atoms with Crippen molar-refractivity contribution in [3.8, 4) is 17.2 Å². The summed E-state index contributed by atoms with van der Waals surface area (Å²) in [7, 11) is 1.60. The van der Waals surface area contributed by atoms with Gasteiger partial charge in [-0.05, 0) is 103 Å². The molecule has 10 heteroatoms.